The number of hydrogen-bond acceptors (Lipinski definition) is 3. The molecule has 1 aliphatic carbocycles. The molecule has 1 heterocycles. The molecule has 0 bridgehead atoms. The van der Waals surface area contributed by atoms with Crippen LogP contribution in [0.25, 0.3) is 0 Å². The highest BCUT2D eigenvalue weighted by atomic mass is 32.1. The van der Waals surface area contributed by atoms with Crippen LogP contribution in [0.3, 0.4) is 0 Å². The summed E-state index contributed by atoms with van der Waals surface area (Å²) in [6.07, 6.45) is 7.63. The Balaban J connectivity index is 1.96. The molecule has 1 aromatic rings. The molecule has 1 saturated carbocycles. The zero-order valence-corrected chi connectivity index (χ0v) is 11.9. The fourth-order valence-corrected chi connectivity index (χ4v) is 3.24. The number of thiazole rings is 1. The highest BCUT2D eigenvalue weighted by molar-refractivity contribution is 7.11. The molecule has 1 aliphatic rings. The van der Waals surface area contributed by atoms with Crippen molar-refractivity contribution in [3.8, 4) is 0 Å². The van der Waals surface area contributed by atoms with Gasteiger partial charge < -0.3 is 5.32 Å². The third-order valence-corrected chi connectivity index (χ3v) is 4.30. The first kappa shape index (κ1) is 13.0. The van der Waals surface area contributed by atoms with Crippen LogP contribution in [0.15, 0.2) is 0 Å². The van der Waals surface area contributed by atoms with Gasteiger partial charge in [-0.05, 0) is 38.1 Å². The van der Waals surface area contributed by atoms with E-state index in [9.17, 15) is 0 Å². The Kier molecular flexibility index (Phi) is 4.99. The Morgan fingerprint density at radius 2 is 2.12 bits per heavy atom. The van der Waals surface area contributed by atoms with Gasteiger partial charge in [-0.25, -0.2) is 4.98 Å². The van der Waals surface area contributed by atoms with Crippen LogP contribution in [0.4, 0.5) is 0 Å². The molecule has 0 spiro atoms. The van der Waals surface area contributed by atoms with Gasteiger partial charge in [-0.3, -0.25) is 0 Å². The van der Waals surface area contributed by atoms with Gasteiger partial charge in [0.05, 0.1) is 10.7 Å². The van der Waals surface area contributed by atoms with E-state index < -0.39 is 0 Å². The van der Waals surface area contributed by atoms with Crippen LogP contribution < -0.4 is 5.32 Å². The molecule has 0 atom stereocenters. The minimum absolute atomic E-state index is 0.951. The number of hydrogen-bond donors (Lipinski definition) is 1. The van der Waals surface area contributed by atoms with E-state index in [1.165, 1.54) is 47.7 Å². The Morgan fingerprint density at radius 1 is 1.29 bits per heavy atom. The third kappa shape index (κ3) is 4.07. The summed E-state index contributed by atoms with van der Waals surface area (Å²) in [7, 11) is 0. The molecule has 3 heteroatoms. The van der Waals surface area contributed by atoms with Gasteiger partial charge in [0.2, 0.25) is 0 Å². The monoisotopic (exact) mass is 252 g/mol. The molecule has 1 aromatic heterocycles. The van der Waals surface area contributed by atoms with E-state index in [0.29, 0.717) is 0 Å². The molecule has 17 heavy (non-hydrogen) atoms. The zero-order chi connectivity index (χ0) is 12.1. The van der Waals surface area contributed by atoms with E-state index in [4.69, 9.17) is 4.98 Å². The summed E-state index contributed by atoms with van der Waals surface area (Å²) in [5, 5.41) is 4.88. The lowest BCUT2D eigenvalue weighted by molar-refractivity contribution is 0.674. The van der Waals surface area contributed by atoms with Crippen molar-refractivity contribution in [2.24, 2.45) is 5.92 Å². The van der Waals surface area contributed by atoms with E-state index in [1.807, 2.05) is 11.3 Å². The van der Waals surface area contributed by atoms with Crippen LogP contribution in [-0.2, 0) is 19.4 Å². The van der Waals surface area contributed by atoms with Crippen LogP contribution in [0.1, 0.15) is 55.1 Å². The standard InChI is InChI=1S/C14H24N2S/c1-3-5-12-13(10-15-8-4-2)17-14(16-12)9-11-6-7-11/h11,15H,3-10H2,1-2H3. The maximum absolute atomic E-state index is 4.84. The second kappa shape index (κ2) is 6.50. The average Bonchev–Trinajstić information content (AvgIpc) is 3.03. The van der Waals surface area contributed by atoms with Crippen LogP contribution in [-0.4, -0.2) is 11.5 Å². The second-order valence-corrected chi connectivity index (χ2v) is 6.22. The molecule has 0 saturated heterocycles. The van der Waals surface area contributed by atoms with Gasteiger partial charge >= 0.3 is 0 Å². The predicted molar refractivity (Wildman–Crippen MR) is 74.5 cm³/mol. The van der Waals surface area contributed by atoms with E-state index in [0.717, 1.165) is 25.4 Å². The summed E-state index contributed by atoms with van der Waals surface area (Å²) < 4.78 is 0. The summed E-state index contributed by atoms with van der Waals surface area (Å²) in [4.78, 5) is 6.32. The molecule has 1 fully saturated rings. The van der Waals surface area contributed by atoms with Gasteiger partial charge in [0, 0.05) is 17.8 Å². The topological polar surface area (TPSA) is 24.9 Å². The maximum atomic E-state index is 4.84. The van der Waals surface area contributed by atoms with Crippen molar-refractivity contribution in [1.29, 1.82) is 0 Å². The lowest BCUT2D eigenvalue weighted by Crippen LogP contribution is -2.13. The summed E-state index contributed by atoms with van der Waals surface area (Å²) in [6, 6.07) is 0. The van der Waals surface area contributed by atoms with Crippen molar-refractivity contribution in [3.63, 3.8) is 0 Å². The molecule has 2 nitrogen and oxygen atoms in total. The average molecular weight is 252 g/mol. The van der Waals surface area contributed by atoms with Crippen molar-refractivity contribution in [1.82, 2.24) is 10.3 Å². The minimum Gasteiger partial charge on any atom is -0.312 e. The van der Waals surface area contributed by atoms with Gasteiger partial charge in [-0.1, -0.05) is 20.3 Å². The molecule has 96 valence electrons. The minimum atomic E-state index is 0.951. The van der Waals surface area contributed by atoms with Gasteiger partial charge in [-0.15, -0.1) is 11.3 Å². The molecule has 1 N–H and O–H groups in total. The predicted octanol–water partition coefficient (Wildman–Crippen LogP) is 3.55. The first-order chi connectivity index (χ1) is 8.33. The number of aromatic nitrogens is 1. The molecular weight excluding hydrogens is 228 g/mol. The molecule has 0 amide bonds. The molecule has 0 aliphatic heterocycles. The fraction of sp³-hybridized carbons (Fsp3) is 0.786. The van der Waals surface area contributed by atoms with Crippen LogP contribution in [0.5, 0.6) is 0 Å². The maximum Gasteiger partial charge on any atom is 0.0934 e. The third-order valence-electron chi connectivity index (χ3n) is 3.18. The summed E-state index contributed by atoms with van der Waals surface area (Å²) >= 11 is 1.94. The highest BCUT2D eigenvalue weighted by Gasteiger charge is 2.23. The quantitative estimate of drug-likeness (QED) is 0.716. The highest BCUT2D eigenvalue weighted by Crippen LogP contribution is 2.34. The zero-order valence-electron chi connectivity index (χ0n) is 11.1. The lowest BCUT2D eigenvalue weighted by Gasteiger charge is -2.02. The number of nitrogens with zero attached hydrogens (tertiary/aromatic N) is 1. The van der Waals surface area contributed by atoms with Crippen molar-refractivity contribution < 1.29 is 0 Å². The lowest BCUT2D eigenvalue weighted by atomic mass is 10.2. The Morgan fingerprint density at radius 3 is 2.76 bits per heavy atom. The smallest absolute Gasteiger partial charge is 0.0934 e. The van der Waals surface area contributed by atoms with Gasteiger partial charge in [-0.2, -0.15) is 0 Å². The van der Waals surface area contributed by atoms with Crippen LogP contribution in [0, 0.1) is 5.92 Å². The summed E-state index contributed by atoms with van der Waals surface area (Å²) in [6.45, 7) is 6.58. The van der Waals surface area contributed by atoms with Crippen molar-refractivity contribution in [3.05, 3.63) is 15.6 Å². The first-order valence-corrected chi connectivity index (χ1v) is 7.83. The number of rotatable bonds is 8. The van der Waals surface area contributed by atoms with E-state index in [1.54, 1.807) is 0 Å². The molecule has 0 radical (unpaired) electrons. The normalized spacial score (nSPS) is 15.4. The van der Waals surface area contributed by atoms with E-state index >= 15 is 0 Å². The summed E-state index contributed by atoms with van der Waals surface area (Å²) in [5.74, 6) is 0.951. The first-order valence-electron chi connectivity index (χ1n) is 7.01. The molecule has 0 unspecified atom stereocenters. The van der Waals surface area contributed by atoms with Gasteiger partial charge in [0.1, 0.15) is 0 Å². The Hall–Kier alpha value is -0.410. The largest absolute Gasteiger partial charge is 0.312 e. The fourth-order valence-electron chi connectivity index (χ4n) is 2.04. The number of nitrogens with one attached hydrogen (secondary N) is 1. The van der Waals surface area contributed by atoms with Gasteiger partial charge in [0.15, 0.2) is 0 Å². The van der Waals surface area contributed by atoms with Crippen molar-refractivity contribution in [2.75, 3.05) is 6.54 Å². The van der Waals surface area contributed by atoms with Crippen molar-refractivity contribution >= 4 is 11.3 Å². The Bertz CT molecular complexity index is 342. The second-order valence-electron chi connectivity index (χ2n) is 5.05. The van der Waals surface area contributed by atoms with E-state index in [2.05, 4.69) is 19.2 Å². The van der Waals surface area contributed by atoms with E-state index in [-0.39, 0.29) is 0 Å². The van der Waals surface area contributed by atoms with Crippen LogP contribution in [0.2, 0.25) is 0 Å². The van der Waals surface area contributed by atoms with Gasteiger partial charge in [0.25, 0.3) is 0 Å². The SMILES string of the molecule is CCCNCc1sc(CC2CC2)nc1CCC. The molecule has 0 aromatic carbocycles. The molecular formula is C14H24N2S. The molecule has 2 rings (SSSR count). The summed E-state index contributed by atoms with van der Waals surface area (Å²) in [5.41, 5.74) is 1.36. The number of aryl methyl sites for hydroxylation is 1. The van der Waals surface area contributed by atoms with Crippen molar-refractivity contribution in [2.45, 2.75) is 58.9 Å². The van der Waals surface area contributed by atoms with Crippen LogP contribution >= 0.6 is 11.3 Å². The Labute approximate surface area is 109 Å².